The minimum absolute atomic E-state index is 0.315. The minimum Gasteiger partial charge on any atom is -0.468 e. The van der Waals surface area contributed by atoms with Crippen LogP contribution in [0.3, 0.4) is 0 Å². The maximum atomic E-state index is 11.3. The Hall–Kier alpha value is -0.220. The van der Waals surface area contributed by atoms with Crippen molar-refractivity contribution in [3.8, 4) is 0 Å². The summed E-state index contributed by atoms with van der Waals surface area (Å²) in [5.41, 5.74) is 5.05. The van der Waals surface area contributed by atoms with Crippen molar-refractivity contribution in [2.75, 3.05) is 18.6 Å². The van der Waals surface area contributed by atoms with Crippen molar-refractivity contribution in [1.82, 2.24) is 0 Å². The van der Waals surface area contributed by atoms with Crippen molar-refractivity contribution in [3.05, 3.63) is 0 Å². The number of hydrogen-bond acceptors (Lipinski definition) is 4. The van der Waals surface area contributed by atoms with Crippen LogP contribution in [-0.2, 0) is 9.53 Å². The van der Waals surface area contributed by atoms with E-state index in [1.807, 2.05) is 11.8 Å². The zero-order chi connectivity index (χ0) is 13.3. The highest BCUT2D eigenvalue weighted by atomic mass is 32.2. The Bertz CT molecular complexity index is 219. The molecule has 0 heterocycles. The van der Waals surface area contributed by atoms with Crippen molar-refractivity contribution in [2.45, 2.75) is 52.0 Å². The average molecular weight is 261 g/mol. The summed E-state index contributed by atoms with van der Waals surface area (Å²) in [6.07, 6.45) is 4.04. The van der Waals surface area contributed by atoms with E-state index in [2.05, 4.69) is 18.6 Å². The van der Waals surface area contributed by atoms with Gasteiger partial charge in [0.2, 0.25) is 0 Å². The Morgan fingerprint density at radius 3 is 2.65 bits per heavy atom. The molecule has 0 saturated heterocycles. The van der Waals surface area contributed by atoms with Crippen LogP contribution in [0.15, 0.2) is 0 Å². The van der Waals surface area contributed by atoms with Gasteiger partial charge in [-0.05, 0) is 37.2 Å². The molecule has 0 aliphatic heterocycles. The largest absolute Gasteiger partial charge is 0.468 e. The molecule has 0 aromatic rings. The first-order chi connectivity index (χ1) is 7.94. The molecule has 0 aliphatic carbocycles. The van der Waals surface area contributed by atoms with Crippen LogP contribution in [0.5, 0.6) is 0 Å². The van der Waals surface area contributed by atoms with Gasteiger partial charge < -0.3 is 10.5 Å². The number of ether oxygens (including phenoxy) is 1. The molecule has 4 heteroatoms. The third-order valence-electron chi connectivity index (χ3n) is 2.99. The molecule has 0 bridgehead atoms. The second kappa shape index (κ2) is 8.81. The van der Waals surface area contributed by atoms with Crippen LogP contribution in [0, 0.1) is 5.92 Å². The van der Waals surface area contributed by atoms with E-state index in [0.29, 0.717) is 6.42 Å². The number of rotatable bonds is 9. The molecule has 3 nitrogen and oxygen atoms in total. The van der Waals surface area contributed by atoms with E-state index >= 15 is 0 Å². The molecular weight excluding hydrogens is 234 g/mol. The first-order valence-corrected chi connectivity index (χ1v) is 7.54. The van der Waals surface area contributed by atoms with Gasteiger partial charge in [-0.3, -0.25) is 4.79 Å². The van der Waals surface area contributed by atoms with E-state index in [1.54, 1.807) is 6.92 Å². The molecular formula is C13H27NO2S. The number of carbonyl (C=O) groups excluding carboxylic acids is 1. The summed E-state index contributed by atoms with van der Waals surface area (Å²) >= 11 is 1.99. The van der Waals surface area contributed by atoms with Gasteiger partial charge in [0.25, 0.3) is 0 Å². The third-order valence-corrected chi connectivity index (χ3v) is 4.37. The molecule has 0 aliphatic rings. The number of methoxy groups -OCH3 is 1. The molecule has 0 aromatic heterocycles. The number of thioether (sulfide) groups is 1. The molecule has 102 valence electrons. The van der Waals surface area contributed by atoms with Crippen molar-refractivity contribution in [1.29, 1.82) is 0 Å². The van der Waals surface area contributed by atoms with Gasteiger partial charge in [0.15, 0.2) is 0 Å². The lowest BCUT2D eigenvalue weighted by Gasteiger charge is -2.21. The summed E-state index contributed by atoms with van der Waals surface area (Å²) in [6, 6.07) is 0. The van der Waals surface area contributed by atoms with Crippen LogP contribution >= 0.6 is 11.8 Å². The van der Waals surface area contributed by atoms with Crippen LogP contribution in [0.25, 0.3) is 0 Å². The van der Waals surface area contributed by atoms with Gasteiger partial charge in [-0.25, -0.2) is 0 Å². The molecule has 17 heavy (non-hydrogen) atoms. The smallest absolute Gasteiger partial charge is 0.325 e. The van der Waals surface area contributed by atoms with Crippen LogP contribution < -0.4 is 5.73 Å². The first kappa shape index (κ1) is 16.8. The summed E-state index contributed by atoms with van der Waals surface area (Å²) in [5, 5.41) is 0. The standard InChI is InChI=1S/C13H27NO2S/c1-5-11(2)10-17-9-7-6-8-13(3,14)12(15)16-4/h11H,5-10,14H2,1-4H3. The highest BCUT2D eigenvalue weighted by Gasteiger charge is 2.28. The topological polar surface area (TPSA) is 52.3 Å². The van der Waals surface area contributed by atoms with Gasteiger partial charge in [0.05, 0.1) is 7.11 Å². The second-order valence-electron chi connectivity index (χ2n) is 4.95. The van der Waals surface area contributed by atoms with Crippen LogP contribution in [-0.4, -0.2) is 30.1 Å². The van der Waals surface area contributed by atoms with E-state index in [9.17, 15) is 4.79 Å². The Labute approximate surface area is 110 Å². The van der Waals surface area contributed by atoms with Crippen molar-refractivity contribution < 1.29 is 9.53 Å². The van der Waals surface area contributed by atoms with Gasteiger partial charge in [-0.2, -0.15) is 11.8 Å². The second-order valence-corrected chi connectivity index (χ2v) is 6.10. The summed E-state index contributed by atoms with van der Waals surface area (Å²) in [5.74, 6) is 2.87. The average Bonchev–Trinajstić information content (AvgIpc) is 2.31. The minimum atomic E-state index is -0.823. The highest BCUT2D eigenvalue weighted by Crippen LogP contribution is 2.16. The van der Waals surface area contributed by atoms with E-state index < -0.39 is 5.54 Å². The highest BCUT2D eigenvalue weighted by molar-refractivity contribution is 7.99. The van der Waals surface area contributed by atoms with Crippen LogP contribution in [0.2, 0.25) is 0 Å². The van der Waals surface area contributed by atoms with Gasteiger partial charge in [0.1, 0.15) is 5.54 Å². The zero-order valence-electron chi connectivity index (χ0n) is 11.6. The predicted octanol–water partition coefficient (Wildman–Crippen LogP) is 2.83. The predicted molar refractivity (Wildman–Crippen MR) is 75.2 cm³/mol. The molecule has 0 spiro atoms. The first-order valence-electron chi connectivity index (χ1n) is 6.39. The van der Waals surface area contributed by atoms with Crippen molar-refractivity contribution >= 4 is 17.7 Å². The maximum Gasteiger partial charge on any atom is 0.325 e. The SMILES string of the molecule is CCC(C)CSCCCCC(C)(N)C(=O)OC. The zero-order valence-corrected chi connectivity index (χ0v) is 12.4. The molecule has 0 fully saturated rings. The number of esters is 1. The summed E-state index contributed by atoms with van der Waals surface area (Å²) < 4.78 is 4.67. The maximum absolute atomic E-state index is 11.3. The lowest BCUT2D eigenvalue weighted by molar-refractivity contribution is -0.146. The number of hydrogen-bond donors (Lipinski definition) is 1. The van der Waals surface area contributed by atoms with Crippen molar-refractivity contribution in [3.63, 3.8) is 0 Å². The number of unbranched alkanes of at least 4 members (excludes halogenated alkanes) is 1. The molecule has 0 amide bonds. The van der Waals surface area contributed by atoms with Gasteiger partial charge >= 0.3 is 5.97 Å². The monoisotopic (exact) mass is 261 g/mol. The number of nitrogens with two attached hydrogens (primary N) is 1. The van der Waals surface area contributed by atoms with E-state index in [4.69, 9.17) is 5.73 Å². The molecule has 2 N–H and O–H groups in total. The number of carbonyl (C=O) groups is 1. The molecule has 0 saturated carbocycles. The van der Waals surface area contributed by atoms with Crippen LogP contribution in [0.1, 0.15) is 46.5 Å². The van der Waals surface area contributed by atoms with Crippen molar-refractivity contribution in [2.24, 2.45) is 11.7 Å². The Balaban J connectivity index is 3.54. The Morgan fingerprint density at radius 1 is 1.47 bits per heavy atom. The molecule has 2 unspecified atom stereocenters. The van der Waals surface area contributed by atoms with E-state index in [-0.39, 0.29) is 5.97 Å². The van der Waals surface area contributed by atoms with E-state index in [1.165, 1.54) is 19.3 Å². The van der Waals surface area contributed by atoms with Crippen LogP contribution in [0.4, 0.5) is 0 Å². The summed E-state index contributed by atoms with van der Waals surface area (Å²) in [7, 11) is 1.38. The Kier molecular flexibility index (Phi) is 8.70. The fraction of sp³-hybridized carbons (Fsp3) is 0.923. The van der Waals surface area contributed by atoms with Gasteiger partial charge in [-0.1, -0.05) is 26.7 Å². The molecule has 0 rings (SSSR count). The quantitative estimate of drug-likeness (QED) is 0.512. The normalized spacial score (nSPS) is 16.3. The lowest BCUT2D eigenvalue weighted by Crippen LogP contribution is -2.45. The molecule has 2 atom stereocenters. The van der Waals surface area contributed by atoms with E-state index in [0.717, 1.165) is 24.5 Å². The summed E-state index contributed by atoms with van der Waals surface area (Å²) in [4.78, 5) is 11.3. The molecule has 0 radical (unpaired) electrons. The van der Waals surface area contributed by atoms with Gasteiger partial charge in [0, 0.05) is 0 Å². The molecule has 0 aromatic carbocycles. The Morgan fingerprint density at radius 2 is 2.12 bits per heavy atom. The van der Waals surface area contributed by atoms with Gasteiger partial charge in [-0.15, -0.1) is 0 Å². The third kappa shape index (κ3) is 7.66. The fourth-order valence-corrected chi connectivity index (χ4v) is 2.65. The fourth-order valence-electron chi connectivity index (χ4n) is 1.43. The summed E-state index contributed by atoms with van der Waals surface area (Å²) in [6.45, 7) is 6.24. The lowest BCUT2D eigenvalue weighted by atomic mass is 9.97.